The highest BCUT2D eigenvalue weighted by Crippen LogP contribution is 2.18. The summed E-state index contributed by atoms with van der Waals surface area (Å²) in [4.78, 5) is 0. The minimum absolute atomic E-state index is 0.0217. The van der Waals surface area contributed by atoms with Crippen LogP contribution in [0.5, 0.6) is 5.75 Å². The summed E-state index contributed by atoms with van der Waals surface area (Å²) in [5.74, 6) is 0.630. The van der Waals surface area contributed by atoms with Crippen molar-refractivity contribution in [1.82, 2.24) is 0 Å². The highest BCUT2D eigenvalue weighted by atomic mass is 32.2. The molecular formula is C13H15NO3S2. The number of nitrogens with two attached hydrogens (primary N) is 1. The molecule has 102 valence electrons. The van der Waals surface area contributed by atoms with Crippen LogP contribution in [0.1, 0.15) is 5.56 Å². The molecule has 0 bridgehead atoms. The summed E-state index contributed by atoms with van der Waals surface area (Å²) in [6, 6.07) is 10.6. The number of ether oxygens (including phenoxy) is 1. The molecule has 0 spiro atoms. The number of sulfone groups is 1. The van der Waals surface area contributed by atoms with E-state index in [0.717, 1.165) is 5.56 Å². The lowest BCUT2D eigenvalue weighted by atomic mass is 10.2. The Morgan fingerprint density at radius 2 is 1.89 bits per heavy atom. The lowest BCUT2D eigenvalue weighted by Crippen LogP contribution is -2.13. The lowest BCUT2D eigenvalue weighted by molar-refractivity contribution is 0.341. The van der Waals surface area contributed by atoms with Gasteiger partial charge in [0.05, 0.1) is 5.75 Å². The number of hydrogen-bond donors (Lipinski definition) is 1. The van der Waals surface area contributed by atoms with E-state index in [1.165, 1.54) is 11.3 Å². The molecule has 4 nitrogen and oxygen atoms in total. The summed E-state index contributed by atoms with van der Waals surface area (Å²) >= 11 is 1.22. The molecule has 0 saturated carbocycles. The van der Waals surface area contributed by atoms with Crippen molar-refractivity contribution in [2.45, 2.75) is 10.8 Å². The summed E-state index contributed by atoms with van der Waals surface area (Å²) in [6.45, 7) is 0.620. The molecule has 2 rings (SSSR count). The molecule has 0 fully saturated rings. The number of thiophene rings is 1. The molecule has 0 aliphatic carbocycles. The predicted molar refractivity (Wildman–Crippen MR) is 76.2 cm³/mol. The Bertz CT molecular complexity index is 604. The van der Waals surface area contributed by atoms with Crippen LogP contribution in [-0.2, 0) is 16.4 Å². The Kier molecular flexibility index (Phi) is 4.57. The Hall–Kier alpha value is -1.37. The minimum Gasteiger partial charge on any atom is -0.493 e. The van der Waals surface area contributed by atoms with E-state index in [9.17, 15) is 8.42 Å². The van der Waals surface area contributed by atoms with Crippen LogP contribution in [0.3, 0.4) is 0 Å². The highest BCUT2D eigenvalue weighted by molar-refractivity contribution is 7.93. The van der Waals surface area contributed by atoms with Gasteiger partial charge in [-0.05, 0) is 29.1 Å². The molecule has 0 unspecified atom stereocenters. The van der Waals surface area contributed by atoms with Gasteiger partial charge in [0, 0.05) is 6.54 Å². The molecule has 1 heterocycles. The molecule has 0 aliphatic heterocycles. The van der Waals surface area contributed by atoms with E-state index < -0.39 is 9.84 Å². The first-order chi connectivity index (χ1) is 9.12. The fourth-order valence-corrected chi connectivity index (χ4v) is 3.77. The minimum atomic E-state index is -3.23. The van der Waals surface area contributed by atoms with Crippen molar-refractivity contribution in [3.05, 3.63) is 47.3 Å². The van der Waals surface area contributed by atoms with E-state index in [4.69, 9.17) is 10.5 Å². The largest absolute Gasteiger partial charge is 0.493 e. The SMILES string of the molecule is NCc1ccc(OCCS(=O)(=O)c2cccs2)cc1. The highest BCUT2D eigenvalue weighted by Gasteiger charge is 2.15. The van der Waals surface area contributed by atoms with Gasteiger partial charge in [-0.3, -0.25) is 0 Å². The van der Waals surface area contributed by atoms with Crippen molar-refractivity contribution in [3.8, 4) is 5.75 Å². The second kappa shape index (κ2) is 6.18. The zero-order valence-corrected chi connectivity index (χ0v) is 11.9. The second-order valence-corrected chi connectivity index (χ2v) is 7.23. The third-order valence-electron chi connectivity index (χ3n) is 2.58. The van der Waals surface area contributed by atoms with E-state index in [-0.39, 0.29) is 12.4 Å². The summed E-state index contributed by atoms with van der Waals surface area (Å²) in [5.41, 5.74) is 6.50. The van der Waals surface area contributed by atoms with Crippen LogP contribution >= 0.6 is 11.3 Å². The molecule has 0 atom stereocenters. The Balaban J connectivity index is 1.89. The van der Waals surface area contributed by atoms with Crippen molar-refractivity contribution < 1.29 is 13.2 Å². The Morgan fingerprint density at radius 3 is 2.47 bits per heavy atom. The van der Waals surface area contributed by atoms with Gasteiger partial charge in [-0.25, -0.2) is 8.42 Å². The van der Waals surface area contributed by atoms with Gasteiger partial charge in [-0.15, -0.1) is 11.3 Å². The molecule has 0 radical (unpaired) electrons. The molecule has 0 saturated heterocycles. The first-order valence-electron chi connectivity index (χ1n) is 5.80. The average molecular weight is 297 g/mol. The monoisotopic (exact) mass is 297 g/mol. The molecule has 6 heteroatoms. The van der Waals surface area contributed by atoms with Crippen molar-refractivity contribution in [1.29, 1.82) is 0 Å². The zero-order chi connectivity index (χ0) is 13.7. The summed E-state index contributed by atoms with van der Waals surface area (Å²) in [5, 5.41) is 1.75. The Morgan fingerprint density at radius 1 is 1.16 bits per heavy atom. The summed E-state index contributed by atoms with van der Waals surface area (Å²) in [6.07, 6.45) is 0. The molecular weight excluding hydrogens is 282 g/mol. The lowest BCUT2D eigenvalue weighted by Gasteiger charge is -2.06. The number of hydrogen-bond acceptors (Lipinski definition) is 5. The maximum Gasteiger partial charge on any atom is 0.191 e. The third kappa shape index (κ3) is 3.79. The van der Waals surface area contributed by atoms with E-state index in [1.807, 2.05) is 12.1 Å². The fourth-order valence-electron chi connectivity index (χ4n) is 1.53. The molecule has 0 amide bonds. The van der Waals surface area contributed by atoms with Crippen LogP contribution in [0.25, 0.3) is 0 Å². The van der Waals surface area contributed by atoms with Gasteiger partial charge in [0.15, 0.2) is 9.84 Å². The zero-order valence-electron chi connectivity index (χ0n) is 10.3. The maximum absolute atomic E-state index is 11.9. The Labute approximate surface area is 116 Å². The van der Waals surface area contributed by atoms with Crippen LogP contribution < -0.4 is 10.5 Å². The number of rotatable bonds is 6. The van der Waals surface area contributed by atoms with Gasteiger partial charge in [0.25, 0.3) is 0 Å². The van der Waals surface area contributed by atoms with Crippen molar-refractivity contribution in [2.24, 2.45) is 5.73 Å². The summed E-state index contributed by atoms with van der Waals surface area (Å²) in [7, 11) is -3.23. The molecule has 1 aromatic heterocycles. The molecule has 2 N–H and O–H groups in total. The van der Waals surface area contributed by atoms with E-state index in [0.29, 0.717) is 16.5 Å². The molecule has 19 heavy (non-hydrogen) atoms. The first kappa shape index (κ1) is 14.0. The van der Waals surface area contributed by atoms with Crippen LogP contribution in [0, 0.1) is 0 Å². The molecule has 0 aliphatic rings. The predicted octanol–water partition coefficient (Wildman–Crippen LogP) is 2.06. The van der Waals surface area contributed by atoms with Gasteiger partial charge < -0.3 is 10.5 Å². The van der Waals surface area contributed by atoms with Crippen LogP contribution in [0.4, 0.5) is 0 Å². The van der Waals surface area contributed by atoms with Crippen LogP contribution in [0.2, 0.25) is 0 Å². The van der Waals surface area contributed by atoms with Gasteiger partial charge in [-0.2, -0.15) is 0 Å². The second-order valence-electron chi connectivity index (χ2n) is 3.95. The van der Waals surface area contributed by atoms with E-state index in [2.05, 4.69) is 0 Å². The quantitative estimate of drug-likeness (QED) is 0.886. The van der Waals surface area contributed by atoms with Crippen molar-refractivity contribution in [2.75, 3.05) is 12.4 Å². The van der Waals surface area contributed by atoms with Crippen LogP contribution in [0.15, 0.2) is 46.0 Å². The number of benzene rings is 1. The van der Waals surface area contributed by atoms with Gasteiger partial charge in [-0.1, -0.05) is 18.2 Å². The topological polar surface area (TPSA) is 69.4 Å². The fraction of sp³-hybridized carbons (Fsp3) is 0.231. The van der Waals surface area contributed by atoms with Crippen molar-refractivity contribution >= 4 is 21.2 Å². The van der Waals surface area contributed by atoms with Gasteiger partial charge in [0.2, 0.25) is 0 Å². The summed E-state index contributed by atoms with van der Waals surface area (Å²) < 4.78 is 29.6. The van der Waals surface area contributed by atoms with Crippen molar-refractivity contribution in [3.63, 3.8) is 0 Å². The maximum atomic E-state index is 11.9. The average Bonchev–Trinajstić information content (AvgIpc) is 2.94. The van der Waals surface area contributed by atoms with Crippen LogP contribution in [-0.4, -0.2) is 20.8 Å². The van der Waals surface area contributed by atoms with Gasteiger partial charge in [0.1, 0.15) is 16.6 Å². The molecule has 2 aromatic rings. The molecule has 1 aromatic carbocycles. The van der Waals surface area contributed by atoms with E-state index in [1.54, 1.807) is 29.6 Å². The first-order valence-corrected chi connectivity index (χ1v) is 8.33. The van der Waals surface area contributed by atoms with Gasteiger partial charge >= 0.3 is 0 Å². The smallest absolute Gasteiger partial charge is 0.191 e. The normalized spacial score (nSPS) is 11.4. The third-order valence-corrected chi connectivity index (χ3v) is 5.75. The van der Waals surface area contributed by atoms with E-state index >= 15 is 0 Å². The standard InChI is InChI=1S/C13H15NO3S2/c14-10-11-3-5-12(6-4-11)17-7-9-19(15,16)13-2-1-8-18-13/h1-6,8H,7,9-10,14H2.